The molecule has 150 valence electrons. The zero-order valence-corrected chi connectivity index (χ0v) is 14.8. The molecule has 0 aliphatic carbocycles. The van der Waals surface area contributed by atoms with E-state index in [0.717, 1.165) is 0 Å². The molecular weight excluding hydrogens is 401 g/mol. The van der Waals surface area contributed by atoms with Crippen LogP contribution in [0.25, 0.3) is 11.2 Å². The Balaban J connectivity index is 0.000000211. The summed E-state index contributed by atoms with van der Waals surface area (Å²) in [6.07, 6.45) is 0.726. The van der Waals surface area contributed by atoms with Gasteiger partial charge in [-0.2, -0.15) is 14.4 Å². The number of ether oxygens (including phenoxy) is 1. The second-order valence-corrected chi connectivity index (χ2v) is 6.07. The van der Waals surface area contributed by atoms with Crippen molar-refractivity contribution in [2.24, 2.45) is 0 Å². The minimum Gasteiger partial charge on any atom is -0.394 e. The van der Waals surface area contributed by atoms with E-state index in [4.69, 9.17) is 27.2 Å². The Morgan fingerprint density at radius 1 is 1.43 bits per heavy atom. The second-order valence-electron chi connectivity index (χ2n) is 5.74. The highest BCUT2D eigenvalue weighted by atomic mass is 35.5. The molecule has 28 heavy (non-hydrogen) atoms. The first-order valence-corrected chi connectivity index (χ1v) is 8.25. The summed E-state index contributed by atoms with van der Waals surface area (Å²) in [6.45, 7) is -0.248. The van der Waals surface area contributed by atoms with Gasteiger partial charge in [-0.3, -0.25) is 14.3 Å². The lowest BCUT2D eigenvalue weighted by atomic mass is 10.2. The van der Waals surface area contributed by atoms with Gasteiger partial charge in [-0.15, -0.1) is 0 Å². The average Bonchev–Trinajstić information content (AvgIpc) is 3.22. The number of nitrogens with zero attached hydrogens (tertiary/aromatic N) is 4. The number of hydrogen-bond acceptors (Lipinski definition) is 9. The monoisotopic (exact) mass is 415 g/mol. The maximum absolute atomic E-state index is 12.0. The normalized spacial score (nSPS) is 21.5. The number of nitrogens with two attached hydrogens (primary N) is 1. The van der Waals surface area contributed by atoms with Crippen molar-refractivity contribution in [3.63, 3.8) is 0 Å². The number of fused-ring (bicyclic) bond motifs is 1. The molecule has 3 atom stereocenters. The van der Waals surface area contributed by atoms with Crippen LogP contribution < -0.4 is 17.0 Å². The summed E-state index contributed by atoms with van der Waals surface area (Å²) in [7, 11) is 0. The number of rotatable bonds is 2. The molecular formula is C14H15ClFN7O5. The van der Waals surface area contributed by atoms with E-state index in [9.17, 15) is 19.1 Å². The Morgan fingerprint density at radius 3 is 2.79 bits per heavy atom. The third-order valence-corrected chi connectivity index (χ3v) is 4.06. The fourth-order valence-electron chi connectivity index (χ4n) is 2.57. The van der Waals surface area contributed by atoms with E-state index in [1.54, 1.807) is 9.55 Å². The lowest BCUT2D eigenvalue weighted by Gasteiger charge is -2.13. The third-order valence-electron chi connectivity index (χ3n) is 3.89. The Kier molecular flexibility index (Phi) is 5.69. The van der Waals surface area contributed by atoms with Crippen LogP contribution in [0.4, 0.5) is 10.2 Å². The first-order chi connectivity index (χ1) is 13.3. The third kappa shape index (κ3) is 4.01. The number of imidazole rings is 1. The quantitative estimate of drug-likeness (QED) is 0.324. The Labute approximate surface area is 159 Å². The van der Waals surface area contributed by atoms with Crippen molar-refractivity contribution in [3.8, 4) is 0 Å². The van der Waals surface area contributed by atoms with Gasteiger partial charge in [0.15, 0.2) is 11.5 Å². The molecule has 0 saturated carbocycles. The smallest absolute Gasteiger partial charge is 0.325 e. The molecule has 0 spiro atoms. The van der Waals surface area contributed by atoms with Crippen molar-refractivity contribution in [1.29, 1.82) is 0 Å². The maximum Gasteiger partial charge on any atom is 0.325 e. The molecule has 3 aromatic rings. The van der Waals surface area contributed by atoms with Crippen molar-refractivity contribution < 1.29 is 19.3 Å². The number of aromatic nitrogens is 6. The minimum atomic E-state index is -1.00. The molecule has 3 aromatic heterocycles. The van der Waals surface area contributed by atoms with E-state index < -0.39 is 35.5 Å². The number of anilines is 1. The van der Waals surface area contributed by atoms with E-state index in [0.29, 0.717) is 23.8 Å². The van der Waals surface area contributed by atoms with Gasteiger partial charge >= 0.3 is 5.69 Å². The molecule has 12 nitrogen and oxygen atoms in total. The van der Waals surface area contributed by atoms with Crippen LogP contribution in [0.5, 0.6) is 0 Å². The molecule has 4 heterocycles. The van der Waals surface area contributed by atoms with Gasteiger partial charge in [0.05, 0.1) is 19.0 Å². The summed E-state index contributed by atoms with van der Waals surface area (Å²) >= 11 is 5.77. The van der Waals surface area contributed by atoms with Crippen LogP contribution >= 0.6 is 11.6 Å². The molecule has 4 rings (SSSR count). The fraction of sp³-hybridized carbons (Fsp3) is 0.357. The minimum absolute atomic E-state index is 0.0176. The molecule has 1 fully saturated rings. The molecule has 6 N–H and O–H groups in total. The Morgan fingerprint density at radius 2 is 2.18 bits per heavy atom. The standard InChI is InChI=1S/C10H12ClN5O3.C4H3FN2O2/c11-10-14-8(12)7-9(15-10)16(3-13-7)6-1-4(18)5(2-17)19-6;5-2-1-6-4(9)7-3(2)8/h3-6,17-18H,1-2H2,(H2,12,14,15);1H,(H2,6,7,8,9)/t4-,5+,6+;/m0./s1. The summed E-state index contributed by atoms with van der Waals surface area (Å²) in [5.41, 5.74) is 4.86. The number of aliphatic hydroxyl groups excluding tert-OH is 2. The van der Waals surface area contributed by atoms with Gasteiger partial charge in [0.1, 0.15) is 17.8 Å². The van der Waals surface area contributed by atoms with Gasteiger partial charge < -0.3 is 25.7 Å². The van der Waals surface area contributed by atoms with Gasteiger partial charge in [-0.25, -0.2) is 9.78 Å². The lowest BCUT2D eigenvalue weighted by Crippen LogP contribution is -2.24. The average molecular weight is 416 g/mol. The molecule has 1 saturated heterocycles. The van der Waals surface area contributed by atoms with Crippen LogP contribution in [-0.2, 0) is 4.74 Å². The van der Waals surface area contributed by atoms with Crippen molar-refractivity contribution in [2.45, 2.75) is 24.9 Å². The molecule has 0 unspecified atom stereocenters. The maximum atomic E-state index is 12.0. The van der Waals surface area contributed by atoms with Crippen LogP contribution in [0.3, 0.4) is 0 Å². The van der Waals surface area contributed by atoms with Crippen molar-refractivity contribution >= 4 is 28.6 Å². The number of aromatic amines is 2. The number of H-pyrrole nitrogens is 2. The van der Waals surface area contributed by atoms with Crippen molar-refractivity contribution in [1.82, 2.24) is 29.5 Å². The highest BCUT2D eigenvalue weighted by Gasteiger charge is 2.35. The molecule has 14 heteroatoms. The van der Waals surface area contributed by atoms with E-state index in [1.165, 1.54) is 6.33 Å². The van der Waals surface area contributed by atoms with Crippen molar-refractivity contribution in [3.05, 3.63) is 44.5 Å². The zero-order valence-electron chi connectivity index (χ0n) is 14.0. The van der Waals surface area contributed by atoms with E-state index >= 15 is 0 Å². The molecule has 0 radical (unpaired) electrons. The first-order valence-electron chi connectivity index (χ1n) is 7.87. The molecule has 0 amide bonds. The van der Waals surface area contributed by atoms with Crippen LogP contribution in [0.1, 0.15) is 12.6 Å². The van der Waals surface area contributed by atoms with E-state index in [2.05, 4.69) is 15.0 Å². The SMILES string of the molecule is Nc1nc(Cl)nc2c1ncn2[C@H]1C[C@H](O)[C@@H](CO)O1.O=c1[nH]cc(F)c(=O)[nH]1. The zero-order chi connectivity index (χ0) is 20.4. The van der Waals surface area contributed by atoms with Gasteiger partial charge in [0, 0.05) is 12.6 Å². The van der Waals surface area contributed by atoms with Crippen LogP contribution in [0.15, 0.2) is 22.1 Å². The second kappa shape index (κ2) is 8.02. The highest BCUT2D eigenvalue weighted by molar-refractivity contribution is 6.28. The van der Waals surface area contributed by atoms with E-state index in [1.807, 2.05) is 4.98 Å². The Hall–Kier alpha value is -2.87. The molecule has 0 aromatic carbocycles. The number of nitrogens with one attached hydrogen (secondary N) is 2. The fourth-order valence-corrected chi connectivity index (χ4v) is 2.74. The predicted molar refractivity (Wildman–Crippen MR) is 94.0 cm³/mol. The van der Waals surface area contributed by atoms with Gasteiger partial charge in [-0.1, -0.05) is 0 Å². The molecule has 0 bridgehead atoms. The number of nitrogen functional groups attached to an aromatic ring is 1. The van der Waals surface area contributed by atoms with E-state index in [-0.39, 0.29) is 17.7 Å². The van der Waals surface area contributed by atoms with Gasteiger partial charge in [-0.05, 0) is 11.6 Å². The lowest BCUT2D eigenvalue weighted by molar-refractivity contribution is -0.0432. The van der Waals surface area contributed by atoms with Gasteiger partial charge in [0.25, 0.3) is 5.56 Å². The summed E-state index contributed by atoms with van der Waals surface area (Å²) in [4.78, 5) is 36.0. The summed E-state index contributed by atoms with van der Waals surface area (Å²) in [5, 5.41) is 18.8. The van der Waals surface area contributed by atoms with Crippen molar-refractivity contribution in [2.75, 3.05) is 12.3 Å². The van der Waals surface area contributed by atoms with Crippen LogP contribution in [-0.4, -0.2) is 58.5 Å². The summed E-state index contributed by atoms with van der Waals surface area (Å²) in [6, 6.07) is 0. The first kappa shape index (κ1) is 19.9. The van der Waals surface area contributed by atoms with Crippen LogP contribution in [0, 0.1) is 5.82 Å². The molecule has 1 aliphatic heterocycles. The number of hydrogen-bond donors (Lipinski definition) is 5. The van der Waals surface area contributed by atoms with Crippen LogP contribution in [0.2, 0.25) is 5.28 Å². The highest BCUT2D eigenvalue weighted by Crippen LogP contribution is 2.31. The topological polar surface area (TPSA) is 185 Å². The Bertz CT molecular complexity index is 1100. The number of halogens is 2. The predicted octanol–water partition coefficient (Wildman–Crippen LogP) is -1.10. The number of aliphatic hydroxyl groups is 2. The van der Waals surface area contributed by atoms with Gasteiger partial charge in [0.2, 0.25) is 11.1 Å². The summed E-state index contributed by atoms with van der Waals surface area (Å²) < 4.78 is 19.1. The molecule has 1 aliphatic rings. The summed E-state index contributed by atoms with van der Waals surface area (Å²) in [5.74, 6) is -0.805. The largest absolute Gasteiger partial charge is 0.394 e.